The van der Waals surface area contributed by atoms with Gasteiger partial charge in [-0.05, 0) is 12.1 Å². The number of amides is 2. The smallest absolute Gasteiger partial charge is 0.322 e. The Morgan fingerprint density at radius 2 is 2.18 bits per heavy atom. The van der Waals surface area contributed by atoms with E-state index in [-0.39, 0.29) is 17.2 Å². The second-order valence-electron chi connectivity index (χ2n) is 3.38. The first kappa shape index (κ1) is 13.3. The van der Waals surface area contributed by atoms with Gasteiger partial charge in [0.15, 0.2) is 0 Å². The first-order valence-electron chi connectivity index (χ1n) is 4.65. The van der Waals surface area contributed by atoms with E-state index in [4.69, 9.17) is 5.73 Å². The number of benzene rings is 1. The third-order valence-corrected chi connectivity index (χ3v) is 2.04. The van der Waals surface area contributed by atoms with Gasteiger partial charge in [-0.1, -0.05) is 12.2 Å². The molecule has 0 aliphatic heterocycles. The minimum atomic E-state index is -0.845. The first-order chi connectivity index (χ1) is 7.90. The summed E-state index contributed by atoms with van der Waals surface area (Å²) in [6.45, 7) is 0.0734. The van der Waals surface area contributed by atoms with E-state index in [1.807, 2.05) is 0 Å². The topological polar surface area (TPSA) is 58.4 Å². The number of thiocarbonyl (C=S) groups is 1. The number of anilines is 1. The van der Waals surface area contributed by atoms with Crippen LogP contribution in [-0.2, 0) is 0 Å². The fraction of sp³-hybridized carbons (Fsp3) is 0.200. The van der Waals surface area contributed by atoms with E-state index >= 15 is 0 Å². The van der Waals surface area contributed by atoms with Gasteiger partial charge in [-0.25, -0.2) is 13.6 Å². The fourth-order valence-corrected chi connectivity index (χ4v) is 1.30. The number of nitrogens with two attached hydrogens (primary N) is 1. The Morgan fingerprint density at radius 1 is 1.53 bits per heavy atom. The van der Waals surface area contributed by atoms with Crippen molar-refractivity contribution in [1.29, 1.82) is 0 Å². The van der Waals surface area contributed by atoms with Crippen molar-refractivity contribution in [3.63, 3.8) is 0 Å². The number of hydrogen-bond donors (Lipinski definition) is 2. The molecule has 1 aromatic carbocycles. The number of urea groups is 1. The lowest BCUT2D eigenvalue weighted by molar-refractivity contribution is 0.228. The highest BCUT2D eigenvalue weighted by Crippen LogP contribution is 2.15. The third kappa shape index (κ3) is 3.95. The molecule has 3 N–H and O–H groups in total. The van der Waals surface area contributed by atoms with Crippen LogP contribution in [0.25, 0.3) is 0 Å². The molecule has 0 aromatic heterocycles. The van der Waals surface area contributed by atoms with Crippen LogP contribution < -0.4 is 11.1 Å². The number of nitrogens with zero attached hydrogens (tertiary/aromatic N) is 1. The average Bonchev–Trinajstić information content (AvgIpc) is 2.21. The Hall–Kier alpha value is -1.76. The third-order valence-electron chi connectivity index (χ3n) is 1.91. The van der Waals surface area contributed by atoms with Crippen molar-refractivity contribution >= 4 is 28.9 Å². The molecule has 1 aromatic rings. The van der Waals surface area contributed by atoms with Crippen molar-refractivity contribution in [2.24, 2.45) is 5.73 Å². The number of carbonyl (C=O) groups is 1. The fourth-order valence-electron chi connectivity index (χ4n) is 1.11. The van der Waals surface area contributed by atoms with Gasteiger partial charge in [-0.15, -0.1) is 0 Å². The van der Waals surface area contributed by atoms with E-state index in [9.17, 15) is 13.6 Å². The standard InChI is InChI=1S/C10H11F2N3OS/c1-15(5-9(13)17)10(16)14-8-3-2-6(11)4-7(8)12/h2-4H,5H2,1H3,(H2,13,17)(H,14,16). The van der Waals surface area contributed by atoms with E-state index in [2.05, 4.69) is 17.5 Å². The quantitative estimate of drug-likeness (QED) is 0.812. The maximum Gasteiger partial charge on any atom is 0.322 e. The van der Waals surface area contributed by atoms with Crippen molar-refractivity contribution < 1.29 is 13.6 Å². The highest BCUT2D eigenvalue weighted by Gasteiger charge is 2.12. The summed E-state index contributed by atoms with van der Waals surface area (Å²) >= 11 is 4.63. The molecule has 4 nitrogen and oxygen atoms in total. The van der Waals surface area contributed by atoms with Crippen molar-refractivity contribution in [2.75, 3.05) is 18.9 Å². The number of hydrogen-bond acceptors (Lipinski definition) is 2. The number of carbonyl (C=O) groups excluding carboxylic acids is 1. The minimum absolute atomic E-state index is 0.0734. The lowest BCUT2D eigenvalue weighted by Crippen LogP contribution is -2.37. The van der Waals surface area contributed by atoms with Crippen LogP contribution in [-0.4, -0.2) is 29.5 Å². The summed E-state index contributed by atoms with van der Waals surface area (Å²) in [7, 11) is 1.45. The predicted octanol–water partition coefficient (Wildman–Crippen LogP) is 1.71. The van der Waals surface area contributed by atoms with E-state index in [0.29, 0.717) is 6.07 Å². The lowest BCUT2D eigenvalue weighted by atomic mass is 10.3. The molecule has 1 rings (SSSR count). The Balaban J connectivity index is 2.71. The van der Waals surface area contributed by atoms with Gasteiger partial charge in [0, 0.05) is 13.1 Å². The Bertz CT molecular complexity index is 453. The van der Waals surface area contributed by atoms with Crippen LogP contribution in [0, 0.1) is 11.6 Å². The molecule has 0 atom stereocenters. The second kappa shape index (κ2) is 5.53. The summed E-state index contributed by atoms with van der Waals surface area (Å²) in [4.78, 5) is 12.9. The average molecular weight is 259 g/mol. The molecule has 0 heterocycles. The summed E-state index contributed by atoms with van der Waals surface area (Å²) in [5.41, 5.74) is 5.16. The maximum absolute atomic E-state index is 13.2. The van der Waals surface area contributed by atoms with E-state index in [1.165, 1.54) is 11.9 Å². The van der Waals surface area contributed by atoms with Crippen molar-refractivity contribution in [3.8, 4) is 0 Å². The van der Waals surface area contributed by atoms with E-state index < -0.39 is 17.7 Å². The second-order valence-corrected chi connectivity index (χ2v) is 3.90. The highest BCUT2D eigenvalue weighted by atomic mass is 32.1. The van der Waals surface area contributed by atoms with Gasteiger partial charge in [0.2, 0.25) is 0 Å². The minimum Gasteiger partial charge on any atom is -0.392 e. The van der Waals surface area contributed by atoms with Crippen molar-refractivity contribution in [3.05, 3.63) is 29.8 Å². The van der Waals surface area contributed by atoms with Crippen molar-refractivity contribution in [2.45, 2.75) is 0 Å². The number of nitrogens with one attached hydrogen (secondary N) is 1. The normalized spacial score (nSPS) is 9.82. The zero-order valence-corrected chi connectivity index (χ0v) is 9.85. The zero-order valence-electron chi connectivity index (χ0n) is 9.04. The van der Waals surface area contributed by atoms with E-state index in [1.54, 1.807) is 0 Å². The van der Waals surface area contributed by atoms with Crippen LogP contribution in [0.4, 0.5) is 19.3 Å². The summed E-state index contributed by atoms with van der Waals surface area (Å²) in [6, 6.07) is 2.29. The van der Waals surface area contributed by atoms with Crippen LogP contribution in [0.3, 0.4) is 0 Å². The van der Waals surface area contributed by atoms with Gasteiger partial charge in [0.25, 0.3) is 0 Å². The molecule has 0 fully saturated rings. The largest absolute Gasteiger partial charge is 0.392 e. The molecule has 0 unspecified atom stereocenters. The number of halogens is 2. The van der Waals surface area contributed by atoms with Crippen molar-refractivity contribution in [1.82, 2.24) is 4.90 Å². The molecule has 0 spiro atoms. The molecule has 0 saturated carbocycles. The van der Waals surface area contributed by atoms with Gasteiger partial charge in [-0.2, -0.15) is 0 Å². The van der Waals surface area contributed by atoms with Gasteiger partial charge in [0.05, 0.1) is 17.2 Å². The van der Waals surface area contributed by atoms with Crippen LogP contribution >= 0.6 is 12.2 Å². The summed E-state index contributed by atoms with van der Waals surface area (Å²) in [6.07, 6.45) is 0. The van der Waals surface area contributed by atoms with Crippen LogP contribution in [0.1, 0.15) is 0 Å². The molecule has 92 valence electrons. The molecule has 0 bridgehead atoms. The molecular formula is C10H11F2N3OS. The van der Waals surface area contributed by atoms with Gasteiger partial charge < -0.3 is 16.0 Å². The Kier molecular flexibility index (Phi) is 4.33. The lowest BCUT2D eigenvalue weighted by Gasteiger charge is -2.17. The molecule has 0 aliphatic rings. The summed E-state index contributed by atoms with van der Waals surface area (Å²) < 4.78 is 25.8. The SMILES string of the molecule is CN(CC(N)=S)C(=O)Nc1ccc(F)cc1F. The predicted molar refractivity (Wildman–Crippen MR) is 64.8 cm³/mol. The molecule has 17 heavy (non-hydrogen) atoms. The van der Waals surface area contributed by atoms with Gasteiger partial charge in [-0.3, -0.25) is 0 Å². The maximum atomic E-state index is 13.2. The van der Waals surface area contributed by atoms with Gasteiger partial charge >= 0.3 is 6.03 Å². The monoisotopic (exact) mass is 259 g/mol. The summed E-state index contributed by atoms with van der Waals surface area (Å²) in [5, 5.41) is 2.27. The molecule has 0 aliphatic carbocycles. The molecule has 2 amide bonds. The summed E-state index contributed by atoms with van der Waals surface area (Å²) in [5.74, 6) is -1.56. The molecule has 7 heteroatoms. The Labute approximate surface area is 102 Å². The molecule has 0 saturated heterocycles. The van der Waals surface area contributed by atoms with E-state index in [0.717, 1.165) is 12.1 Å². The molecular weight excluding hydrogens is 248 g/mol. The van der Waals surface area contributed by atoms with Gasteiger partial charge in [0.1, 0.15) is 11.6 Å². The number of likely N-dealkylation sites (N-methyl/N-ethyl adjacent to an activating group) is 1. The molecule has 0 radical (unpaired) electrons. The zero-order chi connectivity index (χ0) is 13.0. The van der Waals surface area contributed by atoms with Crippen LogP contribution in [0.2, 0.25) is 0 Å². The first-order valence-corrected chi connectivity index (χ1v) is 5.06. The van der Waals surface area contributed by atoms with Crippen LogP contribution in [0.5, 0.6) is 0 Å². The van der Waals surface area contributed by atoms with Crippen LogP contribution in [0.15, 0.2) is 18.2 Å². The Morgan fingerprint density at radius 3 is 2.71 bits per heavy atom. The number of rotatable bonds is 3. The highest BCUT2D eigenvalue weighted by molar-refractivity contribution is 7.80.